The minimum Gasteiger partial charge on any atom is -0.393 e. The topological polar surface area (TPSA) is 62.4 Å². The number of fused-ring (bicyclic) bond motifs is 5. The lowest BCUT2D eigenvalue weighted by molar-refractivity contribution is -0.130. The van der Waals surface area contributed by atoms with Gasteiger partial charge in [-0.05, 0) is 117 Å². The third kappa shape index (κ3) is 3.57. The Morgan fingerprint density at radius 2 is 1.87 bits per heavy atom. The summed E-state index contributed by atoms with van der Waals surface area (Å²) >= 11 is 0. The first-order chi connectivity index (χ1) is 14.8. The standard InChI is InChI=1S/C27H43N3O/c1-18(30(28)17-19-5-4-14-29-16-19)23-8-9-24-22-7-6-20-15-21(31)10-12-26(20,2)25(22)11-13-27(23,24)3/h4-5,14,16,18,20-25,31H,6-13,15,17,28H2,1-3H3/t18?,20-,21-,22-,23+,24-,25-,26-,27+/m0/s1. The van der Waals surface area contributed by atoms with E-state index >= 15 is 0 Å². The number of nitrogens with zero attached hydrogens (tertiary/aromatic N) is 2. The van der Waals surface area contributed by atoms with E-state index in [4.69, 9.17) is 5.84 Å². The van der Waals surface area contributed by atoms with Crippen molar-refractivity contribution in [3.63, 3.8) is 0 Å². The summed E-state index contributed by atoms with van der Waals surface area (Å²) in [7, 11) is 0. The van der Waals surface area contributed by atoms with Gasteiger partial charge in [0.1, 0.15) is 0 Å². The van der Waals surface area contributed by atoms with Crippen molar-refractivity contribution in [1.82, 2.24) is 9.99 Å². The number of hydrogen-bond acceptors (Lipinski definition) is 4. The molecule has 4 fully saturated rings. The lowest BCUT2D eigenvalue weighted by atomic mass is 9.44. The van der Waals surface area contributed by atoms with Crippen LogP contribution in [0.25, 0.3) is 0 Å². The van der Waals surface area contributed by atoms with Crippen molar-refractivity contribution in [2.45, 2.75) is 97.2 Å². The molecule has 0 aliphatic heterocycles. The maximum atomic E-state index is 10.3. The van der Waals surface area contributed by atoms with Gasteiger partial charge in [0, 0.05) is 25.0 Å². The highest BCUT2D eigenvalue weighted by Crippen LogP contribution is 2.67. The molecule has 5 rings (SSSR count). The third-order valence-electron chi connectivity index (χ3n) is 10.9. The Labute approximate surface area is 189 Å². The highest BCUT2D eigenvalue weighted by atomic mass is 16.3. The highest BCUT2D eigenvalue weighted by molar-refractivity contribution is 5.12. The van der Waals surface area contributed by atoms with Gasteiger partial charge in [0.2, 0.25) is 0 Å². The first kappa shape index (κ1) is 21.9. The molecule has 1 aromatic rings. The quantitative estimate of drug-likeness (QED) is 0.516. The molecule has 0 spiro atoms. The fraction of sp³-hybridized carbons (Fsp3) is 0.815. The second-order valence-electron chi connectivity index (χ2n) is 12.1. The molecule has 1 heterocycles. The molecule has 0 amide bonds. The number of hydrazine groups is 1. The zero-order valence-corrected chi connectivity index (χ0v) is 19.8. The monoisotopic (exact) mass is 425 g/mol. The van der Waals surface area contributed by atoms with E-state index in [-0.39, 0.29) is 6.10 Å². The van der Waals surface area contributed by atoms with Crippen molar-refractivity contribution in [3.8, 4) is 0 Å². The van der Waals surface area contributed by atoms with Crippen molar-refractivity contribution in [3.05, 3.63) is 30.1 Å². The van der Waals surface area contributed by atoms with E-state index < -0.39 is 0 Å². The minimum atomic E-state index is -0.0458. The highest BCUT2D eigenvalue weighted by Gasteiger charge is 2.60. The average Bonchev–Trinajstić information content (AvgIpc) is 3.11. The molecule has 0 bridgehead atoms. The fourth-order valence-electron chi connectivity index (χ4n) is 9.15. The van der Waals surface area contributed by atoms with Gasteiger partial charge in [0.15, 0.2) is 0 Å². The maximum Gasteiger partial charge on any atom is 0.0543 e. The predicted molar refractivity (Wildman–Crippen MR) is 125 cm³/mol. The van der Waals surface area contributed by atoms with Gasteiger partial charge in [0.05, 0.1) is 6.10 Å². The SMILES string of the molecule is CC([C@H]1CC[C@H]2[C@@H]3CC[C@H]4C[C@@H](O)CC[C@]4(C)[C@H]3CC[C@]12C)N(N)Cc1cccnc1. The van der Waals surface area contributed by atoms with E-state index in [1.165, 1.54) is 50.5 Å². The van der Waals surface area contributed by atoms with Crippen LogP contribution < -0.4 is 5.84 Å². The summed E-state index contributed by atoms with van der Waals surface area (Å²) in [6.07, 6.45) is 15.2. The third-order valence-corrected chi connectivity index (χ3v) is 10.9. The summed E-state index contributed by atoms with van der Waals surface area (Å²) in [5.41, 5.74) is 2.09. The van der Waals surface area contributed by atoms with Gasteiger partial charge in [-0.2, -0.15) is 0 Å². The van der Waals surface area contributed by atoms with Crippen LogP contribution in [0, 0.1) is 40.4 Å². The molecular formula is C27H43N3O. The van der Waals surface area contributed by atoms with Crippen molar-refractivity contribution in [2.24, 2.45) is 46.3 Å². The van der Waals surface area contributed by atoms with Crippen molar-refractivity contribution in [1.29, 1.82) is 0 Å². The Morgan fingerprint density at radius 3 is 2.65 bits per heavy atom. The summed E-state index contributed by atoms with van der Waals surface area (Å²) in [5, 5.41) is 12.4. The Morgan fingerprint density at radius 1 is 1.10 bits per heavy atom. The number of aromatic nitrogens is 1. The Balaban J connectivity index is 1.32. The van der Waals surface area contributed by atoms with Crippen LogP contribution >= 0.6 is 0 Å². The van der Waals surface area contributed by atoms with Crippen LogP contribution in [0.4, 0.5) is 0 Å². The second kappa shape index (κ2) is 8.11. The van der Waals surface area contributed by atoms with Gasteiger partial charge in [0.25, 0.3) is 0 Å². The fourth-order valence-corrected chi connectivity index (χ4v) is 9.15. The molecule has 1 aromatic heterocycles. The lowest BCUT2D eigenvalue weighted by Gasteiger charge is -2.61. The van der Waals surface area contributed by atoms with Gasteiger partial charge in [-0.1, -0.05) is 19.9 Å². The molecular weight excluding hydrogens is 382 g/mol. The molecule has 4 aliphatic rings. The van der Waals surface area contributed by atoms with E-state index in [1.807, 2.05) is 18.5 Å². The smallest absolute Gasteiger partial charge is 0.0543 e. The summed E-state index contributed by atoms with van der Waals surface area (Å²) in [5.74, 6) is 10.7. The van der Waals surface area contributed by atoms with Gasteiger partial charge in [-0.25, -0.2) is 5.01 Å². The van der Waals surface area contributed by atoms with Gasteiger partial charge >= 0.3 is 0 Å². The molecule has 0 aromatic carbocycles. The summed E-state index contributed by atoms with van der Waals surface area (Å²) in [6.45, 7) is 8.34. The zero-order chi connectivity index (χ0) is 21.8. The zero-order valence-electron chi connectivity index (χ0n) is 19.8. The number of aliphatic hydroxyl groups is 1. The largest absolute Gasteiger partial charge is 0.393 e. The molecule has 4 aliphatic carbocycles. The Kier molecular flexibility index (Phi) is 5.72. The van der Waals surface area contributed by atoms with Crippen LogP contribution in [-0.2, 0) is 6.54 Å². The Bertz CT molecular complexity index is 771. The Hall–Kier alpha value is -0.970. The molecule has 172 valence electrons. The van der Waals surface area contributed by atoms with Crippen LogP contribution in [0.3, 0.4) is 0 Å². The van der Waals surface area contributed by atoms with Crippen molar-refractivity contribution < 1.29 is 5.11 Å². The van der Waals surface area contributed by atoms with Crippen LogP contribution in [0.2, 0.25) is 0 Å². The van der Waals surface area contributed by atoms with E-state index in [0.29, 0.717) is 22.8 Å². The van der Waals surface area contributed by atoms with Crippen LogP contribution in [0.15, 0.2) is 24.5 Å². The summed E-state index contributed by atoms with van der Waals surface area (Å²) in [6, 6.07) is 4.52. The molecule has 0 radical (unpaired) electrons. The first-order valence-corrected chi connectivity index (χ1v) is 12.9. The molecule has 3 N–H and O–H groups in total. The van der Waals surface area contributed by atoms with E-state index in [1.54, 1.807) is 0 Å². The maximum absolute atomic E-state index is 10.3. The van der Waals surface area contributed by atoms with E-state index in [2.05, 4.69) is 36.8 Å². The molecule has 0 saturated heterocycles. The number of nitrogens with two attached hydrogens (primary N) is 1. The predicted octanol–water partition coefficient (Wildman–Crippen LogP) is 5.17. The molecule has 4 nitrogen and oxygen atoms in total. The van der Waals surface area contributed by atoms with Crippen LogP contribution in [0.5, 0.6) is 0 Å². The van der Waals surface area contributed by atoms with E-state index in [9.17, 15) is 5.11 Å². The number of aliphatic hydroxyl groups excluding tert-OH is 1. The van der Waals surface area contributed by atoms with Gasteiger partial charge in [-0.3, -0.25) is 10.8 Å². The van der Waals surface area contributed by atoms with Gasteiger partial charge < -0.3 is 5.11 Å². The molecule has 4 heteroatoms. The molecule has 9 atom stereocenters. The number of hydrogen-bond donors (Lipinski definition) is 2. The second-order valence-corrected chi connectivity index (χ2v) is 12.1. The average molecular weight is 426 g/mol. The summed E-state index contributed by atoms with van der Waals surface area (Å²) in [4.78, 5) is 4.27. The van der Waals surface area contributed by atoms with Gasteiger partial charge in [-0.15, -0.1) is 0 Å². The van der Waals surface area contributed by atoms with E-state index in [0.717, 1.165) is 43.1 Å². The molecule has 4 saturated carbocycles. The normalized spacial score (nSPS) is 45.6. The molecule has 1 unspecified atom stereocenters. The first-order valence-electron chi connectivity index (χ1n) is 12.9. The minimum absolute atomic E-state index is 0.0458. The van der Waals surface area contributed by atoms with Crippen molar-refractivity contribution >= 4 is 0 Å². The lowest BCUT2D eigenvalue weighted by Crippen LogP contribution is -2.55. The number of pyridine rings is 1. The number of rotatable bonds is 4. The molecule has 31 heavy (non-hydrogen) atoms. The van der Waals surface area contributed by atoms with Crippen molar-refractivity contribution in [2.75, 3.05) is 0 Å². The van der Waals surface area contributed by atoms with Crippen LogP contribution in [0.1, 0.15) is 84.1 Å². The summed E-state index contributed by atoms with van der Waals surface area (Å²) < 4.78 is 0. The van der Waals surface area contributed by atoms with Crippen LogP contribution in [-0.4, -0.2) is 27.2 Å².